The van der Waals surface area contributed by atoms with Crippen LogP contribution in [0.4, 0.5) is 0 Å². The number of aromatic nitrogens is 1. The smallest absolute Gasteiger partial charge is 0.0360 e. The van der Waals surface area contributed by atoms with Crippen molar-refractivity contribution in [3.05, 3.63) is 30.1 Å². The van der Waals surface area contributed by atoms with Crippen LogP contribution in [0, 0.1) is 0 Å². The molecule has 1 aromatic rings. The third kappa shape index (κ3) is 2.00. The van der Waals surface area contributed by atoms with E-state index in [1.807, 2.05) is 12.1 Å². The van der Waals surface area contributed by atoms with Gasteiger partial charge in [0.25, 0.3) is 0 Å². The first kappa shape index (κ1) is 6.52. The van der Waals surface area contributed by atoms with Gasteiger partial charge in [0.2, 0.25) is 0 Å². The maximum atomic E-state index is 5.27. The van der Waals surface area contributed by atoms with Crippen molar-refractivity contribution in [2.24, 2.45) is 0 Å². The van der Waals surface area contributed by atoms with Gasteiger partial charge in [-0.25, -0.2) is 4.84 Å². The first-order valence-corrected chi connectivity index (χ1v) is 3.03. The van der Waals surface area contributed by atoms with E-state index in [1.165, 1.54) is 0 Å². The minimum Gasteiger partial charge on any atom is -0.265 e. The molecule has 48 valence electrons. The van der Waals surface area contributed by atoms with Crippen molar-refractivity contribution in [1.82, 2.24) is 9.82 Å². The van der Waals surface area contributed by atoms with Gasteiger partial charge in [-0.05, 0) is 29.5 Å². The SMILES string of the molecule is ClNCc1ccncc1. The maximum Gasteiger partial charge on any atom is 0.0360 e. The summed E-state index contributed by atoms with van der Waals surface area (Å²) in [6.07, 6.45) is 3.48. The molecule has 0 aliphatic rings. The second-order valence-corrected chi connectivity index (χ2v) is 1.93. The predicted molar refractivity (Wildman–Crippen MR) is 36.9 cm³/mol. The Labute approximate surface area is 59.0 Å². The summed E-state index contributed by atoms with van der Waals surface area (Å²) in [6.45, 7) is 0.685. The van der Waals surface area contributed by atoms with Crippen LogP contribution in [0.2, 0.25) is 0 Å². The Balaban J connectivity index is 2.61. The first-order valence-electron chi connectivity index (χ1n) is 2.66. The minimum atomic E-state index is 0.685. The van der Waals surface area contributed by atoms with Crippen molar-refractivity contribution in [3.8, 4) is 0 Å². The van der Waals surface area contributed by atoms with Gasteiger partial charge in [-0.1, -0.05) is 0 Å². The molecule has 0 unspecified atom stereocenters. The maximum absolute atomic E-state index is 5.27. The van der Waals surface area contributed by atoms with E-state index in [0.717, 1.165) is 5.56 Å². The number of halogens is 1. The summed E-state index contributed by atoms with van der Waals surface area (Å²) in [5.74, 6) is 0. The summed E-state index contributed by atoms with van der Waals surface area (Å²) in [4.78, 5) is 6.39. The Bertz CT molecular complexity index is 164. The number of nitrogens with one attached hydrogen (secondary N) is 1. The molecular weight excluding hydrogens is 136 g/mol. The van der Waals surface area contributed by atoms with E-state index in [-0.39, 0.29) is 0 Å². The Morgan fingerprint density at radius 1 is 1.44 bits per heavy atom. The van der Waals surface area contributed by atoms with Gasteiger partial charge < -0.3 is 0 Å². The van der Waals surface area contributed by atoms with Crippen LogP contribution in [0.25, 0.3) is 0 Å². The third-order valence-electron chi connectivity index (χ3n) is 1.02. The number of hydrogen-bond acceptors (Lipinski definition) is 2. The van der Waals surface area contributed by atoms with Crippen LogP contribution in [0.1, 0.15) is 5.56 Å². The molecule has 0 aromatic carbocycles. The Morgan fingerprint density at radius 2 is 2.11 bits per heavy atom. The molecule has 0 fully saturated rings. The van der Waals surface area contributed by atoms with Crippen molar-refractivity contribution in [2.45, 2.75) is 6.54 Å². The van der Waals surface area contributed by atoms with Gasteiger partial charge in [-0.15, -0.1) is 0 Å². The van der Waals surface area contributed by atoms with Crippen molar-refractivity contribution in [3.63, 3.8) is 0 Å². The molecule has 1 aromatic heterocycles. The van der Waals surface area contributed by atoms with Gasteiger partial charge >= 0.3 is 0 Å². The molecule has 0 aliphatic heterocycles. The molecule has 0 radical (unpaired) electrons. The lowest BCUT2D eigenvalue weighted by Crippen LogP contribution is -1.97. The van der Waals surface area contributed by atoms with Crippen LogP contribution in [-0.2, 0) is 6.54 Å². The Morgan fingerprint density at radius 3 is 2.67 bits per heavy atom. The molecule has 2 nitrogen and oxygen atoms in total. The standard InChI is InChI=1S/C6H7ClN2/c7-9-5-6-1-3-8-4-2-6/h1-4,9H,5H2. The lowest BCUT2D eigenvalue weighted by molar-refractivity contribution is 0.958. The largest absolute Gasteiger partial charge is 0.265 e. The van der Waals surface area contributed by atoms with Crippen LogP contribution in [-0.4, -0.2) is 4.98 Å². The van der Waals surface area contributed by atoms with Crippen LogP contribution in [0.3, 0.4) is 0 Å². The zero-order valence-electron chi connectivity index (χ0n) is 4.84. The quantitative estimate of drug-likeness (QED) is 0.631. The first-order chi connectivity index (χ1) is 4.43. The summed E-state index contributed by atoms with van der Waals surface area (Å²) in [6, 6.07) is 3.82. The zero-order valence-corrected chi connectivity index (χ0v) is 5.60. The zero-order chi connectivity index (χ0) is 6.53. The molecule has 0 bridgehead atoms. The lowest BCUT2D eigenvalue weighted by Gasteiger charge is -1.93. The summed E-state index contributed by atoms with van der Waals surface area (Å²) in [5, 5.41) is 0. The summed E-state index contributed by atoms with van der Waals surface area (Å²) < 4.78 is 0. The minimum absolute atomic E-state index is 0.685. The lowest BCUT2D eigenvalue weighted by atomic mass is 10.3. The van der Waals surface area contributed by atoms with Crippen molar-refractivity contribution in [2.75, 3.05) is 0 Å². The van der Waals surface area contributed by atoms with E-state index in [2.05, 4.69) is 9.82 Å². The molecule has 0 saturated heterocycles. The number of nitrogens with zero attached hydrogens (tertiary/aromatic N) is 1. The van der Waals surface area contributed by atoms with Gasteiger partial charge in [0.1, 0.15) is 0 Å². The normalized spacial score (nSPS) is 9.44. The van der Waals surface area contributed by atoms with Gasteiger partial charge in [0, 0.05) is 18.9 Å². The highest BCUT2D eigenvalue weighted by atomic mass is 35.5. The van der Waals surface area contributed by atoms with Crippen LogP contribution in [0.15, 0.2) is 24.5 Å². The average Bonchev–Trinajstić information content (AvgIpc) is 1.91. The molecule has 1 rings (SSSR count). The topological polar surface area (TPSA) is 24.9 Å². The van der Waals surface area contributed by atoms with Crippen LogP contribution >= 0.6 is 11.8 Å². The molecule has 3 heteroatoms. The van der Waals surface area contributed by atoms with Gasteiger partial charge in [0.05, 0.1) is 0 Å². The van der Waals surface area contributed by atoms with E-state index < -0.39 is 0 Å². The summed E-state index contributed by atoms with van der Waals surface area (Å²) in [5.41, 5.74) is 1.14. The molecule has 9 heavy (non-hydrogen) atoms. The van der Waals surface area contributed by atoms with E-state index in [4.69, 9.17) is 11.8 Å². The van der Waals surface area contributed by atoms with E-state index in [9.17, 15) is 0 Å². The number of rotatable bonds is 2. The molecule has 0 saturated carbocycles. The highest BCUT2D eigenvalue weighted by Gasteiger charge is 1.85. The number of pyridine rings is 1. The number of hydrogen-bond donors (Lipinski definition) is 1. The van der Waals surface area contributed by atoms with Crippen molar-refractivity contribution in [1.29, 1.82) is 0 Å². The highest BCUT2D eigenvalue weighted by molar-refractivity contribution is 6.13. The third-order valence-corrected chi connectivity index (χ3v) is 1.15. The fraction of sp³-hybridized carbons (Fsp3) is 0.167. The molecule has 1 N–H and O–H groups in total. The molecule has 0 spiro atoms. The predicted octanol–water partition coefficient (Wildman–Crippen LogP) is 1.32. The summed E-state index contributed by atoms with van der Waals surface area (Å²) in [7, 11) is 0. The molecular formula is C6H7ClN2. The van der Waals surface area contributed by atoms with Crippen molar-refractivity contribution >= 4 is 11.8 Å². The Kier molecular flexibility index (Phi) is 2.48. The Hall–Kier alpha value is -0.600. The summed E-state index contributed by atoms with van der Waals surface area (Å²) >= 11 is 5.27. The van der Waals surface area contributed by atoms with Gasteiger partial charge in [-0.2, -0.15) is 0 Å². The van der Waals surface area contributed by atoms with Gasteiger partial charge in [-0.3, -0.25) is 4.98 Å². The second kappa shape index (κ2) is 3.43. The molecule has 0 atom stereocenters. The fourth-order valence-electron chi connectivity index (χ4n) is 0.578. The van der Waals surface area contributed by atoms with Crippen LogP contribution in [0.5, 0.6) is 0 Å². The van der Waals surface area contributed by atoms with Crippen molar-refractivity contribution < 1.29 is 0 Å². The average molecular weight is 143 g/mol. The molecule has 0 amide bonds. The second-order valence-electron chi connectivity index (χ2n) is 1.67. The van der Waals surface area contributed by atoms with E-state index in [1.54, 1.807) is 12.4 Å². The molecule has 0 aliphatic carbocycles. The molecule has 1 heterocycles. The fourth-order valence-corrected chi connectivity index (χ4v) is 0.732. The van der Waals surface area contributed by atoms with Crippen LogP contribution < -0.4 is 4.84 Å². The van der Waals surface area contributed by atoms with E-state index >= 15 is 0 Å². The van der Waals surface area contributed by atoms with E-state index in [0.29, 0.717) is 6.54 Å². The highest BCUT2D eigenvalue weighted by Crippen LogP contribution is 1.94. The monoisotopic (exact) mass is 142 g/mol. The van der Waals surface area contributed by atoms with Gasteiger partial charge in [0.15, 0.2) is 0 Å².